The van der Waals surface area contributed by atoms with Gasteiger partial charge >= 0.3 is 0 Å². The van der Waals surface area contributed by atoms with Gasteiger partial charge in [0.15, 0.2) is 5.78 Å². The van der Waals surface area contributed by atoms with Crippen molar-refractivity contribution in [2.75, 3.05) is 6.54 Å². The van der Waals surface area contributed by atoms with Crippen LogP contribution in [-0.4, -0.2) is 23.5 Å². The quantitative estimate of drug-likeness (QED) is 0.384. The lowest BCUT2D eigenvalue weighted by molar-refractivity contribution is 0.0983. The number of nitrogens with zero attached hydrogens (tertiary/aromatic N) is 2. The van der Waals surface area contributed by atoms with Crippen LogP contribution in [0.15, 0.2) is 23.2 Å². The van der Waals surface area contributed by atoms with Gasteiger partial charge in [-0.25, -0.2) is 4.98 Å². The molecule has 1 aromatic heterocycles. The van der Waals surface area contributed by atoms with Gasteiger partial charge in [-0.05, 0) is 18.6 Å². The van der Waals surface area contributed by atoms with Gasteiger partial charge in [0.2, 0.25) is 0 Å². The highest BCUT2D eigenvalue weighted by Crippen LogP contribution is 2.03. The molecule has 0 atom stereocenters. The van der Waals surface area contributed by atoms with Crippen LogP contribution in [0.1, 0.15) is 62.1 Å². The zero-order chi connectivity index (χ0) is 13.9. The van der Waals surface area contributed by atoms with Crippen LogP contribution in [0.4, 0.5) is 0 Å². The van der Waals surface area contributed by atoms with Crippen LogP contribution in [0.25, 0.3) is 0 Å². The fourth-order valence-electron chi connectivity index (χ4n) is 1.81. The molecule has 0 bridgehead atoms. The predicted octanol–water partition coefficient (Wildman–Crippen LogP) is 3.87. The molecular formula is C16H24N2O. The Morgan fingerprint density at radius 2 is 2.11 bits per heavy atom. The summed E-state index contributed by atoms with van der Waals surface area (Å²) in [5, 5.41) is 0. The number of carbonyl (C=O) groups is 1. The molecule has 0 amide bonds. The number of aromatic nitrogens is 1. The fraction of sp³-hybridized carbons (Fsp3) is 0.562. The molecule has 1 heterocycles. The smallest absolute Gasteiger partial charge is 0.180 e. The first-order valence-corrected chi connectivity index (χ1v) is 7.25. The van der Waals surface area contributed by atoms with Crippen molar-refractivity contribution in [1.82, 2.24) is 4.98 Å². The zero-order valence-corrected chi connectivity index (χ0v) is 12.1. The maximum absolute atomic E-state index is 11.5. The molecule has 1 aromatic rings. The molecule has 0 aliphatic heterocycles. The first kappa shape index (κ1) is 15.5. The van der Waals surface area contributed by atoms with E-state index in [1.165, 1.54) is 19.3 Å². The van der Waals surface area contributed by atoms with Crippen molar-refractivity contribution in [1.29, 1.82) is 0 Å². The number of pyridine rings is 1. The number of ketones is 1. The molecule has 0 saturated heterocycles. The Labute approximate surface area is 116 Å². The van der Waals surface area contributed by atoms with E-state index in [4.69, 9.17) is 0 Å². The summed E-state index contributed by atoms with van der Waals surface area (Å²) in [6.07, 6.45) is 8.08. The Bertz CT molecular complexity index is 413. The summed E-state index contributed by atoms with van der Waals surface area (Å²) in [6.45, 7) is 4.96. The van der Waals surface area contributed by atoms with Crippen molar-refractivity contribution in [3.63, 3.8) is 0 Å². The van der Waals surface area contributed by atoms with Crippen molar-refractivity contribution in [3.8, 4) is 0 Å². The fourth-order valence-corrected chi connectivity index (χ4v) is 1.81. The van der Waals surface area contributed by atoms with Gasteiger partial charge in [-0.3, -0.25) is 9.79 Å². The molecule has 0 radical (unpaired) electrons. The largest absolute Gasteiger partial charge is 0.297 e. The Morgan fingerprint density at radius 1 is 1.26 bits per heavy atom. The minimum atomic E-state index is 0.0957. The molecule has 0 aliphatic rings. The molecule has 0 fully saturated rings. The Balaban J connectivity index is 2.36. The van der Waals surface area contributed by atoms with Crippen LogP contribution < -0.4 is 0 Å². The van der Waals surface area contributed by atoms with E-state index in [0.29, 0.717) is 18.5 Å². The first-order chi connectivity index (χ1) is 9.27. The Kier molecular flexibility index (Phi) is 7.71. The van der Waals surface area contributed by atoms with E-state index in [-0.39, 0.29) is 5.78 Å². The van der Waals surface area contributed by atoms with Crippen LogP contribution >= 0.6 is 0 Å². The predicted molar refractivity (Wildman–Crippen MR) is 80.1 cm³/mol. The number of hydrogen-bond acceptors (Lipinski definition) is 3. The van der Waals surface area contributed by atoms with Crippen molar-refractivity contribution in [2.24, 2.45) is 4.99 Å². The molecule has 0 unspecified atom stereocenters. The van der Waals surface area contributed by atoms with E-state index < -0.39 is 0 Å². The van der Waals surface area contributed by atoms with Crippen molar-refractivity contribution in [3.05, 3.63) is 29.6 Å². The third-order valence-corrected chi connectivity index (χ3v) is 2.98. The number of rotatable bonds is 9. The lowest BCUT2D eigenvalue weighted by Gasteiger charge is -2.00. The maximum atomic E-state index is 11.5. The number of Topliss-reactive ketones (excluding diaryl/α,β-unsaturated/α-hetero) is 1. The second kappa shape index (κ2) is 9.42. The summed E-state index contributed by atoms with van der Waals surface area (Å²) in [7, 11) is 0. The average Bonchev–Trinajstić information content (AvgIpc) is 2.46. The van der Waals surface area contributed by atoms with Gasteiger partial charge in [0.1, 0.15) is 5.69 Å². The van der Waals surface area contributed by atoms with E-state index in [0.717, 1.165) is 18.7 Å². The second-order valence-electron chi connectivity index (χ2n) is 4.64. The van der Waals surface area contributed by atoms with E-state index >= 15 is 0 Å². The SMILES string of the molecule is CCCCCCN=CCc1cccc(C(=O)CC)n1. The highest BCUT2D eigenvalue weighted by atomic mass is 16.1. The second-order valence-corrected chi connectivity index (χ2v) is 4.64. The summed E-state index contributed by atoms with van der Waals surface area (Å²) >= 11 is 0. The molecule has 0 spiro atoms. The molecule has 19 heavy (non-hydrogen) atoms. The van der Waals surface area contributed by atoms with E-state index in [2.05, 4.69) is 16.9 Å². The minimum Gasteiger partial charge on any atom is -0.297 e. The lowest BCUT2D eigenvalue weighted by Crippen LogP contribution is -2.03. The van der Waals surface area contributed by atoms with E-state index in [1.807, 2.05) is 25.3 Å². The third-order valence-electron chi connectivity index (χ3n) is 2.98. The summed E-state index contributed by atoms with van der Waals surface area (Å²) in [6, 6.07) is 5.60. The number of aliphatic imine (C=N–C) groups is 1. The lowest BCUT2D eigenvalue weighted by atomic mass is 10.2. The van der Waals surface area contributed by atoms with Crippen LogP contribution in [0.2, 0.25) is 0 Å². The van der Waals surface area contributed by atoms with Gasteiger partial charge in [0.05, 0.1) is 0 Å². The summed E-state index contributed by atoms with van der Waals surface area (Å²) < 4.78 is 0. The molecule has 0 N–H and O–H groups in total. The van der Waals surface area contributed by atoms with Crippen molar-refractivity contribution < 1.29 is 4.79 Å². The van der Waals surface area contributed by atoms with Gasteiger partial charge in [0, 0.05) is 31.3 Å². The highest BCUT2D eigenvalue weighted by Gasteiger charge is 2.04. The molecule has 3 nitrogen and oxygen atoms in total. The molecule has 0 saturated carbocycles. The molecular weight excluding hydrogens is 236 g/mol. The van der Waals surface area contributed by atoms with Gasteiger partial charge in [-0.15, -0.1) is 0 Å². The van der Waals surface area contributed by atoms with E-state index in [9.17, 15) is 4.79 Å². The maximum Gasteiger partial charge on any atom is 0.180 e. The number of unbranched alkanes of at least 4 members (excludes halogenated alkanes) is 3. The van der Waals surface area contributed by atoms with Gasteiger partial charge in [-0.2, -0.15) is 0 Å². The molecule has 3 heteroatoms. The van der Waals surface area contributed by atoms with Crippen molar-refractivity contribution >= 4 is 12.0 Å². The van der Waals surface area contributed by atoms with Crippen LogP contribution in [0.3, 0.4) is 0 Å². The summed E-state index contributed by atoms with van der Waals surface area (Å²) in [5.41, 5.74) is 1.48. The highest BCUT2D eigenvalue weighted by molar-refractivity contribution is 5.94. The monoisotopic (exact) mass is 260 g/mol. The summed E-state index contributed by atoms with van der Waals surface area (Å²) in [4.78, 5) is 20.3. The minimum absolute atomic E-state index is 0.0957. The Hall–Kier alpha value is -1.51. The van der Waals surface area contributed by atoms with Gasteiger partial charge < -0.3 is 0 Å². The van der Waals surface area contributed by atoms with E-state index in [1.54, 1.807) is 6.07 Å². The van der Waals surface area contributed by atoms with Crippen molar-refractivity contribution in [2.45, 2.75) is 52.4 Å². The molecule has 1 rings (SSSR count). The normalized spacial score (nSPS) is 11.1. The molecule has 104 valence electrons. The standard InChI is InChI=1S/C16H24N2O/c1-3-5-6-7-12-17-13-11-14-9-8-10-15(18-14)16(19)4-2/h8-10,13H,3-7,11-12H2,1-2H3. The van der Waals surface area contributed by atoms with Crippen LogP contribution in [-0.2, 0) is 6.42 Å². The molecule has 0 aliphatic carbocycles. The molecule has 0 aromatic carbocycles. The number of hydrogen-bond donors (Lipinski definition) is 0. The third kappa shape index (κ3) is 6.27. The first-order valence-electron chi connectivity index (χ1n) is 7.25. The van der Waals surface area contributed by atoms with Crippen LogP contribution in [0, 0.1) is 0 Å². The topological polar surface area (TPSA) is 42.3 Å². The van der Waals surface area contributed by atoms with Crippen LogP contribution in [0.5, 0.6) is 0 Å². The van der Waals surface area contributed by atoms with Gasteiger partial charge in [0.25, 0.3) is 0 Å². The Morgan fingerprint density at radius 3 is 2.84 bits per heavy atom. The average molecular weight is 260 g/mol. The summed E-state index contributed by atoms with van der Waals surface area (Å²) in [5.74, 6) is 0.0957. The number of carbonyl (C=O) groups excluding carboxylic acids is 1. The zero-order valence-electron chi connectivity index (χ0n) is 12.1. The van der Waals surface area contributed by atoms with Gasteiger partial charge in [-0.1, -0.05) is 39.2 Å².